The average Bonchev–Trinajstić information content (AvgIpc) is 3.69. The number of hydrogen-bond donors (Lipinski definition) is 0. The minimum atomic E-state index is 0. The molecule has 0 N–H and O–H groups in total. The summed E-state index contributed by atoms with van der Waals surface area (Å²) in [4.78, 5) is 0. The molecule has 0 aliphatic heterocycles. The van der Waals surface area contributed by atoms with Gasteiger partial charge in [-0.3, -0.25) is 0 Å². The molecule has 0 bridgehead atoms. The maximum Gasteiger partial charge on any atom is 4.00 e. The number of aromatic nitrogens is 2. The van der Waals surface area contributed by atoms with Crippen LogP contribution >= 0.6 is 63.7 Å². The van der Waals surface area contributed by atoms with Crippen LogP contribution in [0.5, 0.6) is 0 Å². The number of hydrogen-bond acceptors (Lipinski definition) is 0. The Morgan fingerprint density at radius 1 is 0.486 bits per heavy atom. The van der Waals surface area contributed by atoms with Gasteiger partial charge in [0.15, 0.2) is 0 Å². The molecular weight excluding hydrogens is 756 g/mol. The van der Waals surface area contributed by atoms with E-state index in [9.17, 15) is 0 Å². The van der Waals surface area contributed by atoms with E-state index in [0.717, 1.165) is 29.3 Å². The number of benzene rings is 2. The molecule has 0 aliphatic carbocycles. The van der Waals surface area contributed by atoms with E-state index in [1.54, 1.807) is 0 Å². The number of halogens is 4. The van der Waals surface area contributed by atoms with E-state index >= 15 is 0 Å². The molecular formula is C30H22Br4N2Ti. The van der Waals surface area contributed by atoms with Crippen molar-refractivity contribution in [3.8, 4) is 11.4 Å². The Bertz CT molecular complexity index is 1220. The number of rotatable bonds is 2. The third-order valence-corrected chi connectivity index (χ3v) is 6.69. The van der Waals surface area contributed by atoms with Crippen molar-refractivity contribution >= 4 is 63.7 Å². The first-order valence-corrected chi connectivity index (χ1v) is 14.1. The second-order valence-corrected chi connectivity index (χ2v) is 10.4. The first-order valence-electron chi connectivity index (χ1n) is 10.9. The summed E-state index contributed by atoms with van der Waals surface area (Å²) >= 11 is 13.7. The molecule has 0 atom stereocenters. The summed E-state index contributed by atoms with van der Waals surface area (Å²) in [6.45, 7) is 0. The third kappa shape index (κ3) is 11.3. The topological polar surface area (TPSA) is 9.86 Å². The van der Waals surface area contributed by atoms with Crippen LogP contribution < -0.4 is 0 Å². The first kappa shape index (κ1) is 31.6. The van der Waals surface area contributed by atoms with Gasteiger partial charge in [0.05, 0.1) is 0 Å². The van der Waals surface area contributed by atoms with E-state index in [-0.39, 0.29) is 21.7 Å². The Morgan fingerprint density at radius 3 is 1.05 bits per heavy atom. The summed E-state index contributed by atoms with van der Waals surface area (Å²) in [5.74, 6) is 0. The molecule has 2 aromatic heterocycles. The van der Waals surface area contributed by atoms with Gasteiger partial charge in [-0.05, 0) is 49.1 Å². The molecule has 0 unspecified atom stereocenters. The Labute approximate surface area is 267 Å². The van der Waals surface area contributed by atoms with Crippen LogP contribution in [0.1, 0.15) is 0 Å². The van der Waals surface area contributed by atoms with Gasteiger partial charge in [-0.2, -0.15) is 60.7 Å². The van der Waals surface area contributed by atoms with Gasteiger partial charge in [-0.15, -0.1) is 12.1 Å². The molecule has 0 aliphatic rings. The van der Waals surface area contributed by atoms with Crippen LogP contribution in [-0.2, 0) is 21.7 Å². The summed E-state index contributed by atoms with van der Waals surface area (Å²) in [5, 5.41) is 0. The van der Waals surface area contributed by atoms with Crippen molar-refractivity contribution in [2.75, 3.05) is 0 Å². The fraction of sp³-hybridized carbons (Fsp3) is 0. The third-order valence-electron chi connectivity index (χ3n) is 4.56. The zero-order valence-electron chi connectivity index (χ0n) is 19.6. The van der Waals surface area contributed by atoms with Crippen LogP contribution in [0.25, 0.3) is 11.4 Å². The summed E-state index contributed by atoms with van der Waals surface area (Å²) in [6, 6.07) is 42.3. The largest absolute Gasteiger partial charge is 4.00 e. The van der Waals surface area contributed by atoms with Crippen molar-refractivity contribution < 1.29 is 21.7 Å². The Morgan fingerprint density at radius 2 is 0.811 bits per heavy atom. The molecule has 2 nitrogen and oxygen atoms in total. The second kappa shape index (κ2) is 17.8. The van der Waals surface area contributed by atoms with Crippen LogP contribution in [0.4, 0.5) is 0 Å². The fourth-order valence-electron chi connectivity index (χ4n) is 2.90. The van der Waals surface area contributed by atoms with Gasteiger partial charge in [0.1, 0.15) is 0 Å². The summed E-state index contributed by atoms with van der Waals surface area (Å²) in [6.07, 6.45) is 8.01. The van der Waals surface area contributed by atoms with Crippen molar-refractivity contribution in [2.24, 2.45) is 0 Å². The second-order valence-electron chi connectivity index (χ2n) is 7.12. The van der Waals surface area contributed by atoms with Crippen molar-refractivity contribution in [2.45, 2.75) is 0 Å². The van der Waals surface area contributed by atoms with Crippen molar-refractivity contribution in [1.29, 1.82) is 0 Å². The smallest absolute Gasteiger partial charge is 0.376 e. The predicted molar refractivity (Wildman–Crippen MR) is 164 cm³/mol. The molecule has 0 saturated carbocycles. The Kier molecular flexibility index (Phi) is 15.2. The van der Waals surface area contributed by atoms with Gasteiger partial charge in [0.25, 0.3) is 0 Å². The zero-order valence-corrected chi connectivity index (χ0v) is 27.5. The van der Waals surface area contributed by atoms with Crippen LogP contribution in [-0.4, -0.2) is 9.13 Å². The first-order chi connectivity index (χ1) is 17.5. The van der Waals surface area contributed by atoms with E-state index < -0.39 is 0 Å². The molecule has 4 aromatic carbocycles. The van der Waals surface area contributed by atoms with Crippen molar-refractivity contribution in [3.05, 3.63) is 164 Å². The summed E-state index contributed by atoms with van der Waals surface area (Å²) < 4.78 is 7.89. The van der Waals surface area contributed by atoms with E-state index in [1.807, 2.05) is 143 Å². The monoisotopic (exact) mass is 774 g/mol. The standard InChI is InChI=1S/2C10H6Br2N.2C5H5.Ti/c2*11-8-3-4-10(9(12)7-8)13-5-1-2-6-13;2*1-2-4-5-3-1;/h2*1-6H;2*1-5H;/q4*-1;+4. The van der Waals surface area contributed by atoms with Gasteiger partial charge in [-0.1, -0.05) is 93.0 Å². The van der Waals surface area contributed by atoms with Gasteiger partial charge in [0, 0.05) is 0 Å². The van der Waals surface area contributed by atoms with E-state index in [2.05, 4.69) is 75.9 Å². The number of nitrogens with zero attached hydrogens (tertiary/aromatic N) is 2. The molecule has 0 saturated heterocycles. The summed E-state index contributed by atoms with van der Waals surface area (Å²) in [7, 11) is 0. The van der Waals surface area contributed by atoms with E-state index in [1.165, 1.54) is 0 Å². The fourth-order valence-corrected chi connectivity index (χ4v) is 5.20. The maximum absolute atomic E-state index is 3.46. The molecule has 0 amide bonds. The summed E-state index contributed by atoms with van der Waals surface area (Å²) in [5.41, 5.74) is 2.18. The van der Waals surface area contributed by atoms with Gasteiger partial charge in [0.2, 0.25) is 0 Å². The quantitative estimate of drug-likeness (QED) is 0.122. The molecule has 0 spiro atoms. The van der Waals surface area contributed by atoms with Crippen LogP contribution in [0.2, 0.25) is 0 Å². The Balaban J connectivity index is 0.000000187. The molecule has 2 heterocycles. The van der Waals surface area contributed by atoms with Gasteiger partial charge < -0.3 is 9.13 Å². The molecule has 37 heavy (non-hydrogen) atoms. The average molecular weight is 778 g/mol. The van der Waals surface area contributed by atoms with Crippen LogP contribution in [0, 0.1) is 12.1 Å². The molecule has 0 radical (unpaired) electrons. The molecule has 184 valence electrons. The van der Waals surface area contributed by atoms with Gasteiger partial charge >= 0.3 is 21.7 Å². The maximum atomic E-state index is 3.46. The minimum Gasteiger partial charge on any atom is -0.376 e. The Hall–Kier alpha value is -1.67. The van der Waals surface area contributed by atoms with E-state index in [0.29, 0.717) is 0 Å². The molecule has 6 aromatic rings. The SMILES string of the molecule is Brc1[c-]c(Br)c(-n2cccc2)cc1.Brc1[c-]c(Br)c(-n2cccc2)cc1.[Ti+4].c1cc[cH-]c1.c1cc[cH-]c1. The van der Waals surface area contributed by atoms with Gasteiger partial charge in [-0.25, -0.2) is 24.3 Å². The molecule has 0 fully saturated rings. The predicted octanol–water partition coefficient (Wildman–Crippen LogP) is 10.4. The van der Waals surface area contributed by atoms with Crippen molar-refractivity contribution in [1.82, 2.24) is 9.13 Å². The minimum absolute atomic E-state index is 0. The van der Waals surface area contributed by atoms with E-state index in [4.69, 9.17) is 0 Å². The molecule has 6 rings (SSSR count). The molecule has 7 heteroatoms. The van der Waals surface area contributed by atoms with Crippen LogP contribution in [0.3, 0.4) is 0 Å². The normalized spacial score (nSPS) is 9.41. The van der Waals surface area contributed by atoms with Crippen LogP contribution in [0.15, 0.2) is 152 Å². The van der Waals surface area contributed by atoms with Crippen molar-refractivity contribution in [3.63, 3.8) is 0 Å². The zero-order chi connectivity index (χ0) is 25.6.